The fraction of sp³-hybridized carbons (Fsp3) is 0.316. The van der Waals surface area contributed by atoms with Gasteiger partial charge in [-0.15, -0.1) is 0 Å². The third kappa shape index (κ3) is 5.45. The molecule has 1 saturated heterocycles. The maximum atomic E-state index is 12.8. The van der Waals surface area contributed by atoms with Crippen LogP contribution in [0.15, 0.2) is 48.5 Å². The Morgan fingerprint density at radius 1 is 1.11 bits per heavy atom. The Morgan fingerprint density at radius 2 is 1.81 bits per heavy atom. The highest BCUT2D eigenvalue weighted by atomic mass is 35.5. The Hall–Kier alpha value is -1.60. The average molecular weight is 427 g/mol. The van der Waals surface area contributed by atoms with Crippen LogP contribution in [0.4, 0.5) is 5.69 Å². The third-order valence-electron chi connectivity index (χ3n) is 4.48. The molecule has 0 radical (unpaired) electrons. The standard InChI is InChI=1S/C19H20Cl2N2O3S/c20-16-6-1-4-14(10-16)13-27(25,26)23-9-3-5-15(12-23)19(24)22-18-8-2-7-17(21)11-18/h1-2,4,6-8,10-11,15H,3,5,9,12-13H2,(H,22,24)/t15-/m1/s1. The number of rotatable bonds is 5. The number of halogens is 2. The van der Waals surface area contributed by atoms with Crippen LogP contribution in [0.2, 0.25) is 10.0 Å². The van der Waals surface area contributed by atoms with Crippen molar-refractivity contribution >= 4 is 44.8 Å². The zero-order chi connectivity index (χ0) is 19.4. The molecule has 1 heterocycles. The van der Waals surface area contributed by atoms with Gasteiger partial charge >= 0.3 is 0 Å². The Bertz CT molecular complexity index is 934. The van der Waals surface area contributed by atoms with Gasteiger partial charge in [-0.3, -0.25) is 4.79 Å². The van der Waals surface area contributed by atoms with Crippen molar-refractivity contribution in [2.75, 3.05) is 18.4 Å². The molecule has 2 aromatic rings. The van der Waals surface area contributed by atoms with E-state index in [1.165, 1.54) is 4.31 Å². The van der Waals surface area contributed by atoms with E-state index in [0.29, 0.717) is 40.7 Å². The molecule has 1 aliphatic rings. The van der Waals surface area contributed by atoms with Crippen molar-refractivity contribution in [2.45, 2.75) is 18.6 Å². The van der Waals surface area contributed by atoms with Gasteiger partial charge in [-0.2, -0.15) is 0 Å². The van der Waals surface area contributed by atoms with E-state index in [-0.39, 0.29) is 18.2 Å². The molecule has 27 heavy (non-hydrogen) atoms. The molecular weight excluding hydrogens is 407 g/mol. The van der Waals surface area contributed by atoms with Gasteiger partial charge in [0.25, 0.3) is 0 Å². The molecule has 0 saturated carbocycles. The number of carbonyl (C=O) groups excluding carboxylic acids is 1. The van der Waals surface area contributed by atoms with Gasteiger partial charge in [-0.25, -0.2) is 12.7 Å². The van der Waals surface area contributed by atoms with Gasteiger partial charge in [0.1, 0.15) is 0 Å². The van der Waals surface area contributed by atoms with Crippen LogP contribution in [0.5, 0.6) is 0 Å². The number of sulfonamides is 1. The maximum absolute atomic E-state index is 12.8. The lowest BCUT2D eigenvalue weighted by molar-refractivity contribution is -0.120. The van der Waals surface area contributed by atoms with E-state index in [1.807, 2.05) is 0 Å². The molecule has 1 N–H and O–H groups in total. The summed E-state index contributed by atoms with van der Waals surface area (Å²) in [5.74, 6) is -0.720. The number of anilines is 1. The lowest BCUT2D eigenvalue weighted by Crippen LogP contribution is -2.44. The molecular formula is C19H20Cl2N2O3S. The Balaban J connectivity index is 1.66. The van der Waals surface area contributed by atoms with Gasteiger partial charge in [0.05, 0.1) is 11.7 Å². The molecule has 1 atom stereocenters. The molecule has 144 valence electrons. The fourth-order valence-electron chi connectivity index (χ4n) is 3.15. The number of benzene rings is 2. The van der Waals surface area contributed by atoms with Crippen LogP contribution in [0.25, 0.3) is 0 Å². The number of hydrogen-bond donors (Lipinski definition) is 1. The molecule has 1 aliphatic heterocycles. The SMILES string of the molecule is O=C(Nc1cccc(Cl)c1)[C@@H]1CCCN(S(=O)(=O)Cc2cccc(Cl)c2)C1. The normalized spacial score (nSPS) is 18.2. The van der Waals surface area contributed by atoms with Crippen molar-refractivity contribution < 1.29 is 13.2 Å². The van der Waals surface area contributed by atoms with Crippen LogP contribution in [-0.2, 0) is 20.6 Å². The summed E-state index contributed by atoms with van der Waals surface area (Å²) in [6, 6.07) is 13.7. The molecule has 2 aromatic carbocycles. The van der Waals surface area contributed by atoms with Gasteiger partial charge in [-0.05, 0) is 48.7 Å². The Kier molecular flexibility index (Phi) is 6.42. The molecule has 3 rings (SSSR count). The minimum atomic E-state index is -3.53. The molecule has 0 unspecified atom stereocenters. The molecule has 1 fully saturated rings. The van der Waals surface area contributed by atoms with E-state index in [1.54, 1.807) is 48.5 Å². The summed E-state index contributed by atoms with van der Waals surface area (Å²) in [7, 11) is -3.53. The summed E-state index contributed by atoms with van der Waals surface area (Å²) < 4.78 is 26.9. The molecule has 0 aromatic heterocycles. The predicted octanol–water partition coefficient (Wildman–Crippen LogP) is 4.17. The Labute approximate surface area is 169 Å². The van der Waals surface area contributed by atoms with Gasteiger partial charge in [0, 0.05) is 28.8 Å². The van der Waals surface area contributed by atoms with Gasteiger partial charge in [0.15, 0.2) is 0 Å². The van der Waals surface area contributed by atoms with E-state index in [9.17, 15) is 13.2 Å². The second-order valence-corrected chi connectivity index (χ2v) is 9.42. The first-order valence-corrected chi connectivity index (χ1v) is 11.0. The minimum Gasteiger partial charge on any atom is -0.326 e. The number of nitrogens with one attached hydrogen (secondary N) is 1. The van der Waals surface area contributed by atoms with Gasteiger partial charge < -0.3 is 5.32 Å². The van der Waals surface area contributed by atoms with E-state index in [2.05, 4.69) is 5.32 Å². The number of amides is 1. The van der Waals surface area contributed by atoms with Crippen LogP contribution < -0.4 is 5.32 Å². The van der Waals surface area contributed by atoms with Crippen LogP contribution in [0.1, 0.15) is 18.4 Å². The van der Waals surface area contributed by atoms with Gasteiger partial charge in [-0.1, -0.05) is 41.4 Å². The molecule has 0 aliphatic carbocycles. The number of hydrogen-bond acceptors (Lipinski definition) is 3. The summed E-state index contributed by atoms with van der Waals surface area (Å²) in [5, 5.41) is 3.85. The molecule has 0 bridgehead atoms. The van der Waals surface area contributed by atoms with E-state index in [0.717, 1.165) is 0 Å². The summed E-state index contributed by atoms with van der Waals surface area (Å²) in [5.41, 5.74) is 1.24. The summed E-state index contributed by atoms with van der Waals surface area (Å²) in [6.45, 7) is 0.596. The van der Waals surface area contributed by atoms with Crippen LogP contribution >= 0.6 is 23.2 Å². The number of carbonyl (C=O) groups is 1. The first-order chi connectivity index (χ1) is 12.8. The van der Waals surface area contributed by atoms with Crippen molar-refractivity contribution in [1.82, 2.24) is 4.31 Å². The smallest absolute Gasteiger partial charge is 0.228 e. The molecule has 5 nitrogen and oxygen atoms in total. The highest BCUT2D eigenvalue weighted by Crippen LogP contribution is 2.24. The maximum Gasteiger partial charge on any atom is 0.228 e. The van der Waals surface area contributed by atoms with Crippen molar-refractivity contribution in [3.8, 4) is 0 Å². The quantitative estimate of drug-likeness (QED) is 0.779. The molecule has 1 amide bonds. The lowest BCUT2D eigenvalue weighted by atomic mass is 9.99. The Morgan fingerprint density at radius 3 is 2.52 bits per heavy atom. The second-order valence-electron chi connectivity index (χ2n) is 6.58. The topological polar surface area (TPSA) is 66.5 Å². The lowest BCUT2D eigenvalue weighted by Gasteiger charge is -2.31. The summed E-state index contributed by atoms with van der Waals surface area (Å²) in [6.07, 6.45) is 1.29. The highest BCUT2D eigenvalue weighted by Gasteiger charge is 2.32. The highest BCUT2D eigenvalue weighted by molar-refractivity contribution is 7.88. The fourth-order valence-corrected chi connectivity index (χ4v) is 5.15. The van der Waals surface area contributed by atoms with Crippen molar-refractivity contribution in [3.05, 3.63) is 64.1 Å². The van der Waals surface area contributed by atoms with Crippen LogP contribution in [-0.4, -0.2) is 31.7 Å². The van der Waals surface area contributed by atoms with E-state index in [4.69, 9.17) is 23.2 Å². The van der Waals surface area contributed by atoms with Crippen molar-refractivity contribution in [1.29, 1.82) is 0 Å². The third-order valence-corrected chi connectivity index (χ3v) is 6.77. The zero-order valence-corrected chi connectivity index (χ0v) is 16.9. The monoisotopic (exact) mass is 426 g/mol. The summed E-state index contributed by atoms with van der Waals surface area (Å²) in [4.78, 5) is 12.6. The molecule has 8 heteroatoms. The van der Waals surface area contributed by atoms with Gasteiger partial charge in [0.2, 0.25) is 15.9 Å². The van der Waals surface area contributed by atoms with E-state index >= 15 is 0 Å². The largest absolute Gasteiger partial charge is 0.326 e. The molecule has 0 spiro atoms. The van der Waals surface area contributed by atoms with Crippen LogP contribution in [0, 0.1) is 5.92 Å². The first kappa shape index (κ1) is 20.1. The van der Waals surface area contributed by atoms with Crippen molar-refractivity contribution in [2.24, 2.45) is 5.92 Å². The van der Waals surface area contributed by atoms with Crippen LogP contribution in [0.3, 0.4) is 0 Å². The number of piperidine rings is 1. The van der Waals surface area contributed by atoms with E-state index < -0.39 is 15.9 Å². The zero-order valence-electron chi connectivity index (χ0n) is 14.6. The second kappa shape index (κ2) is 8.61. The number of nitrogens with zero attached hydrogens (tertiary/aromatic N) is 1. The van der Waals surface area contributed by atoms with Crippen molar-refractivity contribution in [3.63, 3.8) is 0 Å². The minimum absolute atomic E-state index is 0.129. The first-order valence-electron chi connectivity index (χ1n) is 8.62. The average Bonchev–Trinajstić information content (AvgIpc) is 2.61. The summed E-state index contributed by atoms with van der Waals surface area (Å²) >= 11 is 11.9. The predicted molar refractivity (Wildman–Crippen MR) is 108 cm³/mol.